The molecule has 0 bridgehead atoms. The van der Waals surface area contributed by atoms with Crippen LogP contribution in [0.2, 0.25) is 0 Å². The molecule has 8 heteroatoms. The maximum absolute atomic E-state index is 12.2. The number of hydrogen-bond acceptors (Lipinski definition) is 6. The van der Waals surface area contributed by atoms with Crippen molar-refractivity contribution in [3.63, 3.8) is 0 Å². The molecule has 1 saturated carbocycles. The van der Waals surface area contributed by atoms with Gasteiger partial charge >= 0.3 is 11.9 Å². The molecule has 0 aromatic heterocycles. The summed E-state index contributed by atoms with van der Waals surface area (Å²) in [5.74, 6) is -0.391. The lowest BCUT2D eigenvalue weighted by Crippen LogP contribution is -2.28. The summed E-state index contributed by atoms with van der Waals surface area (Å²) < 4.78 is 10.1. The molecule has 7 nitrogen and oxygen atoms in total. The molecule has 2 rings (SSSR count). The van der Waals surface area contributed by atoms with E-state index in [1.165, 1.54) is 0 Å². The second-order valence-corrected chi connectivity index (χ2v) is 6.65. The summed E-state index contributed by atoms with van der Waals surface area (Å²) >= 11 is 0. The molecule has 1 fully saturated rings. The van der Waals surface area contributed by atoms with Crippen LogP contribution in [0.3, 0.4) is 0 Å². The molecule has 1 aliphatic rings. The molecule has 1 aliphatic carbocycles. The van der Waals surface area contributed by atoms with Crippen LogP contribution in [0.25, 0.3) is 0 Å². The first-order valence-electron chi connectivity index (χ1n) is 8.92. The van der Waals surface area contributed by atoms with Crippen molar-refractivity contribution < 1.29 is 23.9 Å². The van der Waals surface area contributed by atoms with E-state index in [1.807, 2.05) is 0 Å². The summed E-state index contributed by atoms with van der Waals surface area (Å²) in [6.07, 6.45) is 4.21. The van der Waals surface area contributed by atoms with E-state index in [2.05, 4.69) is 0 Å². The van der Waals surface area contributed by atoms with Crippen LogP contribution in [0, 0.1) is 11.8 Å². The number of carbonyl (C=O) groups excluding carboxylic acids is 3. The highest BCUT2D eigenvalue weighted by Gasteiger charge is 2.27. The molecule has 1 aromatic carbocycles. The molecule has 0 atom stereocenters. The van der Waals surface area contributed by atoms with Crippen molar-refractivity contribution in [2.75, 3.05) is 13.2 Å². The fourth-order valence-electron chi connectivity index (χ4n) is 3.03. The average Bonchev–Trinajstić information content (AvgIpc) is 2.65. The molecular formula is C19H27ClN2O5. The van der Waals surface area contributed by atoms with Gasteiger partial charge in [-0.05, 0) is 62.3 Å². The fraction of sp³-hybridized carbons (Fsp3) is 0.526. The van der Waals surface area contributed by atoms with Crippen molar-refractivity contribution in [1.29, 1.82) is 0 Å². The number of hydrogen-bond donors (Lipinski definition) is 2. The number of aryl methyl sites for hydroxylation is 1. The number of rotatable bonds is 8. The second-order valence-electron chi connectivity index (χ2n) is 6.65. The van der Waals surface area contributed by atoms with Crippen molar-refractivity contribution in [2.45, 2.75) is 38.5 Å². The monoisotopic (exact) mass is 398 g/mol. The Bertz CT molecular complexity index is 627. The lowest BCUT2D eigenvalue weighted by Gasteiger charge is -2.26. The van der Waals surface area contributed by atoms with Crippen LogP contribution in [0.1, 0.15) is 37.7 Å². The van der Waals surface area contributed by atoms with Gasteiger partial charge in [0, 0.05) is 6.42 Å². The molecule has 0 radical (unpaired) electrons. The number of amides is 1. The molecule has 0 saturated heterocycles. The van der Waals surface area contributed by atoms with Gasteiger partial charge in [0.25, 0.3) is 5.91 Å². The number of primary amides is 1. The summed E-state index contributed by atoms with van der Waals surface area (Å²) in [5.41, 5.74) is 11.5. The maximum atomic E-state index is 12.2. The van der Waals surface area contributed by atoms with Crippen LogP contribution in [0.5, 0.6) is 5.75 Å². The Morgan fingerprint density at radius 3 is 2.22 bits per heavy atom. The quantitative estimate of drug-likeness (QED) is 0.508. The predicted molar refractivity (Wildman–Crippen MR) is 102 cm³/mol. The average molecular weight is 399 g/mol. The normalized spacial score (nSPS) is 18.9. The predicted octanol–water partition coefficient (Wildman–Crippen LogP) is 1.74. The summed E-state index contributed by atoms with van der Waals surface area (Å²) in [5, 5.41) is 0. The smallest absolute Gasteiger partial charge is 0.314 e. The van der Waals surface area contributed by atoms with Crippen LogP contribution < -0.4 is 16.2 Å². The third kappa shape index (κ3) is 7.97. The minimum atomic E-state index is -0.680. The first-order valence-corrected chi connectivity index (χ1v) is 8.92. The van der Waals surface area contributed by atoms with Gasteiger partial charge in [-0.25, -0.2) is 0 Å². The fourth-order valence-corrected chi connectivity index (χ4v) is 3.03. The van der Waals surface area contributed by atoms with Gasteiger partial charge in [-0.2, -0.15) is 0 Å². The topological polar surface area (TPSA) is 122 Å². The molecule has 1 amide bonds. The molecule has 0 spiro atoms. The lowest BCUT2D eigenvalue weighted by atomic mass is 9.82. The molecule has 27 heavy (non-hydrogen) atoms. The van der Waals surface area contributed by atoms with Crippen LogP contribution in [0.15, 0.2) is 24.3 Å². The lowest BCUT2D eigenvalue weighted by molar-refractivity contribution is -0.147. The third-order valence-electron chi connectivity index (χ3n) is 4.65. The molecule has 0 heterocycles. The summed E-state index contributed by atoms with van der Waals surface area (Å²) in [6.45, 7) is 0.278. The van der Waals surface area contributed by atoms with Crippen LogP contribution in [-0.2, 0) is 25.5 Å². The maximum Gasteiger partial charge on any atom is 0.314 e. The third-order valence-corrected chi connectivity index (χ3v) is 4.65. The van der Waals surface area contributed by atoms with Crippen molar-refractivity contribution in [2.24, 2.45) is 23.3 Å². The van der Waals surface area contributed by atoms with E-state index in [9.17, 15) is 14.4 Å². The summed E-state index contributed by atoms with van der Waals surface area (Å²) in [7, 11) is 0. The van der Waals surface area contributed by atoms with E-state index < -0.39 is 18.5 Å². The van der Waals surface area contributed by atoms with E-state index in [1.54, 1.807) is 24.3 Å². The molecule has 0 unspecified atom stereocenters. The molecule has 150 valence electrons. The zero-order chi connectivity index (χ0) is 18.9. The highest BCUT2D eigenvalue weighted by atomic mass is 35.5. The Hall–Kier alpha value is -2.12. The van der Waals surface area contributed by atoms with Gasteiger partial charge < -0.3 is 20.9 Å². The SMILES string of the molecule is Cl.NC[C@H]1CC[C@H](C(=O)Oc2ccc(CCC(=O)OCC(N)=O)cc2)CC1. The number of benzene rings is 1. The van der Waals surface area contributed by atoms with Gasteiger partial charge in [0.15, 0.2) is 6.61 Å². The Labute approximate surface area is 165 Å². The Morgan fingerprint density at radius 2 is 1.67 bits per heavy atom. The highest BCUT2D eigenvalue weighted by molar-refractivity contribution is 5.85. The minimum absolute atomic E-state index is 0. The van der Waals surface area contributed by atoms with E-state index in [0.717, 1.165) is 31.2 Å². The molecular weight excluding hydrogens is 372 g/mol. The van der Waals surface area contributed by atoms with Crippen molar-refractivity contribution in [1.82, 2.24) is 0 Å². The Balaban J connectivity index is 0.00000364. The highest BCUT2D eigenvalue weighted by Crippen LogP contribution is 2.29. The van der Waals surface area contributed by atoms with Crippen LogP contribution in [0.4, 0.5) is 0 Å². The van der Waals surface area contributed by atoms with Crippen molar-refractivity contribution in [3.05, 3.63) is 29.8 Å². The second kappa shape index (κ2) is 11.6. The van der Waals surface area contributed by atoms with Gasteiger partial charge in [-0.15, -0.1) is 12.4 Å². The first-order chi connectivity index (χ1) is 12.5. The Morgan fingerprint density at radius 1 is 1.04 bits per heavy atom. The Kier molecular flexibility index (Phi) is 9.82. The zero-order valence-corrected chi connectivity index (χ0v) is 16.0. The van der Waals surface area contributed by atoms with Crippen LogP contribution >= 0.6 is 12.4 Å². The van der Waals surface area contributed by atoms with Gasteiger partial charge in [0.05, 0.1) is 5.92 Å². The summed E-state index contributed by atoms with van der Waals surface area (Å²) in [4.78, 5) is 34.2. The number of halogens is 1. The molecule has 0 aliphatic heterocycles. The van der Waals surface area contributed by atoms with E-state index in [0.29, 0.717) is 24.6 Å². The van der Waals surface area contributed by atoms with E-state index >= 15 is 0 Å². The number of ether oxygens (including phenoxy) is 2. The number of esters is 2. The van der Waals surface area contributed by atoms with Gasteiger partial charge in [0.2, 0.25) is 0 Å². The standard InChI is InChI=1S/C19H26N2O5.ClH/c20-11-14-1-6-15(7-2-14)19(24)26-16-8-3-13(4-9-16)5-10-18(23)25-12-17(21)22;/h3-4,8-9,14-15H,1-2,5-7,10-12,20H2,(H2,21,22);1H/t14-,15-;. The molecule has 4 N–H and O–H groups in total. The van der Waals surface area contributed by atoms with E-state index in [4.69, 9.17) is 20.9 Å². The summed E-state index contributed by atoms with van der Waals surface area (Å²) in [6, 6.07) is 7.03. The van der Waals surface area contributed by atoms with Gasteiger partial charge in [-0.3, -0.25) is 14.4 Å². The van der Waals surface area contributed by atoms with Gasteiger partial charge in [-0.1, -0.05) is 12.1 Å². The first kappa shape index (κ1) is 22.9. The van der Waals surface area contributed by atoms with E-state index in [-0.39, 0.29) is 30.7 Å². The minimum Gasteiger partial charge on any atom is -0.456 e. The van der Waals surface area contributed by atoms with Crippen molar-refractivity contribution >= 4 is 30.3 Å². The van der Waals surface area contributed by atoms with Gasteiger partial charge in [0.1, 0.15) is 5.75 Å². The molecule has 1 aromatic rings. The van der Waals surface area contributed by atoms with Crippen molar-refractivity contribution in [3.8, 4) is 5.75 Å². The number of carbonyl (C=O) groups is 3. The largest absolute Gasteiger partial charge is 0.456 e. The zero-order valence-electron chi connectivity index (χ0n) is 15.2. The number of nitrogens with two attached hydrogens (primary N) is 2. The van der Waals surface area contributed by atoms with Crippen LogP contribution in [-0.4, -0.2) is 31.0 Å².